The van der Waals surface area contributed by atoms with Crippen molar-refractivity contribution in [3.8, 4) is 0 Å². The summed E-state index contributed by atoms with van der Waals surface area (Å²) in [6.07, 6.45) is 3.74. The molecule has 0 aliphatic heterocycles. The van der Waals surface area contributed by atoms with Crippen molar-refractivity contribution in [2.75, 3.05) is 12.8 Å². The SMILES string of the molecule is CCCNC(c1c(Cl)cnn1CC)C(C)S(C)(=O)=O. The predicted molar refractivity (Wildman–Crippen MR) is 78.3 cm³/mol. The summed E-state index contributed by atoms with van der Waals surface area (Å²) in [7, 11) is -3.16. The Labute approximate surface area is 120 Å². The van der Waals surface area contributed by atoms with Crippen molar-refractivity contribution in [1.82, 2.24) is 15.1 Å². The van der Waals surface area contributed by atoms with Gasteiger partial charge in [-0.05, 0) is 26.8 Å². The second-order valence-electron chi connectivity index (χ2n) is 4.66. The van der Waals surface area contributed by atoms with Crippen LogP contribution in [0.2, 0.25) is 5.02 Å². The smallest absolute Gasteiger partial charge is 0.151 e. The van der Waals surface area contributed by atoms with Gasteiger partial charge in [0.25, 0.3) is 0 Å². The van der Waals surface area contributed by atoms with E-state index in [0.29, 0.717) is 11.6 Å². The maximum atomic E-state index is 11.8. The minimum absolute atomic E-state index is 0.343. The van der Waals surface area contributed by atoms with Crippen molar-refractivity contribution < 1.29 is 8.42 Å². The Kier molecular flexibility index (Phi) is 5.82. The summed E-state index contributed by atoms with van der Waals surface area (Å²) >= 11 is 6.17. The van der Waals surface area contributed by atoms with Gasteiger partial charge in [-0.3, -0.25) is 4.68 Å². The number of aryl methyl sites for hydroxylation is 1. The lowest BCUT2D eigenvalue weighted by atomic mass is 10.1. The number of rotatable bonds is 7. The van der Waals surface area contributed by atoms with Gasteiger partial charge < -0.3 is 5.32 Å². The molecule has 0 amide bonds. The molecular formula is C12H22ClN3O2S. The highest BCUT2D eigenvalue weighted by Gasteiger charge is 2.31. The predicted octanol–water partition coefficient (Wildman–Crippen LogP) is 2.03. The van der Waals surface area contributed by atoms with E-state index in [0.717, 1.165) is 18.7 Å². The number of halogens is 1. The molecule has 0 spiro atoms. The fourth-order valence-corrected chi connectivity index (χ4v) is 2.94. The molecule has 0 saturated carbocycles. The monoisotopic (exact) mass is 307 g/mol. The molecule has 2 atom stereocenters. The second kappa shape index (κ2) is 6.72. The Bertz CT molecular complexity index is 513. The third-order valence-electron chi connectivity index (χ3n) is 3.19. The minimum Gasteiger partial charge on any atom is -0.308 e. The molecule has 1 N–H and O–H groups in total. The molecule has 1 aromatic heterocycles. The quantitative estimate of drug-likeness (QED) is 0.837. The molecule has 0 bridgehead atoms. The van der Waals surface area contributed by atoms with Crippen LogP contribution in [-0.4, -0.2) is 36.2 Å². The van der Waals surface area contributed by atoms with Gasteiger partial charge in [-0.25, -0.2) is 8.42 Å². The number of aromatic nitrogens is 2. The Morgan fingerprint density at radius 1 is 1.47 bits per heavy atom. The van der Waals surface area contributed by atoms with E-state index in [1.807, 2.05) is 13.8 Å². The number of hydrogen-bond acceptors (Lipinski definition) is 4. The zero-order valence-corrected chi connectivity index (χ0v) is 13.4. The Hall–Kier alpha value is -0.590. The van der Waals surface area contributed by atoms with E-state index in [2.05, 4.69) is 10.4 Å². The molecule has 110 valence electrons. The summed E-state index contributed by atoms with van der Waals surface area (Å²) < 4.78 is 25.4. The van der Waals surface area contributed by atoms with Crippen LogP contribution in [0.3, 0.4) is 0 Å². The van der Waals surface area contributed by atoms with Crippen molar-refractivity contribution in [3.63, 3.8) is 0 Å². The first-order chi connectivity index (χ1) is 8.82. The first-order valence-electron chi connectivity index (χ1n) is 6.46. The van der Waals surface area contributed by atoms with Crippen LogP contribution < -0.4 is 5.32 Å². The second-order valence-corrected chi connectivity index (χ2v) is 7.47. The topological polar surface area (TPSA) is 64.0 Å². The van der Waals surface area contributed by atoms with E-state index in [1.54, 1.807) is 17.8 Å². The maximum Gasteiger partial charge on any atom is 0.151 e. The number of sulfone groups is 1. The van der Waals surface area contributed by atoms with E-state index in [-0.39, 0.29) is 6.04 Å². The molecule has 2 unspecified atom stereocenters. The Morgan fingerprint density at radius 2 is 2.11 bits per heavy atom. The van der Waals surface area contributed by atoms with Crippen LogP contribution in [0.4, 0.5) is 0 Å². The summed E-state index contributed by atoms with van der Waals surface area (Å²) in [4.78, 5) is 0. The zero-order chi connectivity index (χ0) is 14.6. The molecule has 1 rings (SSSR count). The highest BCUT2D eigenvalue weighted by molar-refractivity contribution is 7.91. The van der Waals surface area contributed by atoms with Gasteiger partial charge in [0.15, 0.2) is 9.84 Å². The lowest BCUT2D eigenvalue weighted by Crippen LogP contribution is -2.37. The summed E-state index contributed by atoms with van der Waals surface area (Å²) in [5.74, 6) is 0. The average Bonchev–Trinajstić information content (AvgIpc) is 2.70. The van der Waals surface area contributed by atoms with E-state index in [9.17, 15) is 8.42 Å². The van der Waals surface area contributed by atoms with Crippen molar-refractivity contribution in [2.24, 2.45) is 0 Å². The minimum atomic E-state index is -3.16. The lowest BCUT2D eigenvalue weighted by Gasteiger charge is -2.25. The molecule has 0 aliphatic rings. The van der Waals surface area contributed by atoms with Crippen LogP contribution in [0.25, 0.3) is 0 Å². The summed E-state index contributed by atoms with van der Waals surface area (Å²) in [6, 6.07) is -0.343. The molecule has 5 nitrogen and oxygen atoms in total. The van der Waals surface area contributed by atoms with Gasteiger partial charge in [0, 0.05) is 12.8 Å². The third-order valence-corrected chi connectivity index (χ3v) is 5.10. The molecule has 1 heterocycles. The van der Waals surface area contributed by atoms with Gasteiger partial charge in [0.2, 0.25) is 0 Å². The standard InChI is InChI=1S/C12H22ClN3O2S/c1-5-7-14-11(9(3)19(4,17)18)12-10(13)8-15-16(12)6-2/h8-9,11,14H,5-7H2,1-4H3. The first-order valence-corrected chi connectivity index (χ1v) is 8.79. The molecule has 0 aliphatic carbocycles. The Morgan fingerprint density at radius 3 is 2.58 bits per heavy atom. The number of nitrogens with zero attached hydrogens (tertiary/aromatic N) is 2. The molecule has 1 aromatic rings. The molecule has 0 radical (unpaired) electrons. The van der Waals surface area contributed by atoms with Gasteiger partial charge in [0.05, 0.1) is 28.2 Å². The molecule has 0 aromatic carbocycles. The van der Waals surface area contributed by atoms with E-state index >= 15 is 0 Å². The van der Waals surface area contributed by atoms with Crippen LogP contribution >= 0.6 is 11.6 Å². The molecule has 7 heteroatoms. The molecule has 0 fully saturated rings. The average molecular weight is 308 g/mol. The molecule has 19 heavy (non-hydrogen) atoms. The van der Waals surface area contributed by atoms with Crippen molar-refractivity contribution in [2.45, 2.75) is 45.0 Å². The molecular weight excluding hydrogens is 286 g/mol. The highest BCUT2D eigenvalue weighted by atomic mass is 35.5. The van der Waals surface area contributed by atoms with Crippen molar-refractivity contribution in [1.29, 1.82) is 0 Å². The largest absolute Gasteiger partial charge is 0.308 e. The lowest BCUT2D eigenvalue weighted by molar-refractivity contribution is 0.462. The fraction of sp³-hybridized carbons (Fsp3) is 0.750. The Balaban J connectivity index is 3.19. The van der Waals surface area contributed by atoms with Crippen LogP contribution in [0.5, 0.6) is 0 Å². The van der Waals surface area contributed by atoms with Crippen molar-refractivity contribution in [3.05, 3.63) is 16.9 Å². The summed E-state index contributed by atoms with van der Waals surface area (Å²) in [6.45, 7) is 7.08. The van der Waals surface area contributed by atoms with Crippen molar-refractivity contribution >= 4 is 21.4 Å². The van der Waals surface area contributed by atoms with Gasteiger partial charge in [-0.1, -0.05) is 18.5 Å². The van der Waals surface area contributed by atoms with Crippen LogP contribution in [-0.2, 0) is 16.4 Å². The van der Waals surface area contributed by atoms with Gasteiger partial charge in [-0.2, -0.15) is 5.10 Å². The van der Waals surface area contributed by atoms with E-state index in [4.69, 9.17) is 11.6 Å². The number of nitrogens with one attached hydrogen (secondary N) is 1. The maximum absolute atomic E-state index is 11.8. The summed E-state index contributed by atoms with van der Waals surface area (Å²) in [5, 5.41) is 7.40. The zero-order valence-electron chi connectivity index (χ0n) is 11.9. The molecule has 0 saturated heterocycles. The van der Waals surface area contributed by atoms with Crippen LogP contribution in [0, 0.1) is 0 Å². The van der Waals surface area contributed by atoms with E-state index in [1.165, 1.54) is 6.26 Å². The highest BCUT2D eigenvalue weighted by Crippen LogP contribution is 2.28. The fourth-order valence-electron chi connectivity index (χ4n) is 1.97. The van der Waals surface area contributed by atoms with Crippen LogP contribution in [0.15, 0.2) is 6.20 Å². The number of hydrogen-bond donors (Lipinski definition) is 1. The summed E-state index contributed by atoms with van der Waals surface area (Å²) in [5.41, 5.74) is 0.746. The van der Waals surface area contributed by atoms with Crippen LogP contribution in [0.1, 0.15) is 38.9 Å². The normalized spacial score (nSPS) is 15.4. The van der Waals surface area contributed by atoms with Gasteiger partial charge in [-0.15, -0.1) is 0 Å². The van der Waals surface area contributed by atoms with E-state index < -0.39 is 15.1 Å². The van der Waals surface area contributed by atoms with Gasteiger partial charge in [0.1, 0.15) is 0 Å². The first kappa shape index (κ1) is 16.5. The van der Waals surface area contributed by atoms with Gasteiger partial charge >= 0.3 is 0 Å². The third kappa shape index (κ3) is 3.94.